The third-order valence-corrected chi connectivity index (χ3v) is 5.16. The summed E-state index contributed by atoms with van der Waals surface area (Å²) in [5.74, 6) is 0.831. The maximum absolute atomic E-state index is 9.32. The number of benzene rings is 2. The number of aliphatic hydroxyl groups is 1. The number of aromatic nitrogens is 2. The van der Waals surface area contributed by atoms with E-state index in [2.05, 4.69) is 34.2 Å². The van der Waals surface area contributed by atoms with Gasteiger partial charge in [0.15, 0.2) is 0 Å². The zero-order valence-corrected chi connectivity index (χ0v) is 16.0. The Morgan fingerprint density at radius 1 is 1.07 bits per heavy atom. The minimum absolute atomic E-state index is 0.130. The first-order valence-electron chi connectivity index (χ1n) is 9.86. The van der Waals surface area contributed by atoms with Gasteiger partial charge in [0.05, 0.1) is 12.2 Å². The summed E-state index contributed by atoms with van der Waals surface area (Å²) in [5, 5.41) is 13.9. The van der Waals surface area contributed by atoms with Crippen molar-refractivity contribution in [1.29, 1.82) is 0 Å². The van der Waals surface area contributed by atoms with Crippen molar-refractivity contribution in [1.82, 2.24) is 9.78 Å². The molecule has 1 fully saturated rings. The van der Waals surface area contributed by atoms with Crippen molar-refractivity contribution in [3.63, 3.8) is 0 Å². The monoisotopic (exact) mass is 378 g/mol. The predicted molar refractivity (Wildman–Crippen MR) is 108 cm³/mol. The molecule has 0 bridgehead atoms. The first kappa shape index (κ1) is 18.7. The number of hydrogen-bond donors (Lipinski definition) is 1. The molecule has 1 aliphatic heterocycles. The van der Waals surface area contributed by atoms with Gasteiger partial charge in [-0.2, -0.15) is 5.10 Å². The van der Waals surface area contributed by atoms with Crippen LogP contribution in [0.25, 0.3) is 11.1 Å². The number of nitrogens with zero attached hydrogens (tertiary/aromatic N) is 2. The highest BCUT2D eigenvalue weighted by molar-refractivity contribution is 5.70. The number of hydrogen-bond acceptors (Lipinski definition) is 4. The molecule has 1 N–H and O–H groups in total. The molecule has 5 heteroatoms. The zero-order valence-electron chi connectivity index (χ0n) is 16.0. The quantitative estimate of drug-likeness (QED) is 0.675. The standard InChI is InChI=1S/C23H26N2O3/c26-11-8-18-6-7-23(28-17-19-4-2-1-3-5-19)22(14-18)20-15-24-25(16-20)21-9-12-27-13-10-21/h1-7,14-16,21,26H,8-13,17H2. The van der Waals surface area contributed by atoms with E-state index in [1.165, 1.54) is 0 Å². The lowest BCUT2D eigenvalue weighted by molar-refractivity contribution is 0.0662. The van der Waals surface area contributed by atoms with Crippen LogP contribution < -0.4 is 4.74 Å². The van der Waals surface area contributed by atoms with Crippen LogP contribution >= 0.6 is 0 Å². The summed E-state index contributed by atoms with van der Waals surface area (Å²) in [7, 11) is 0. The van der Waals surface area contributed by atoms with E-state index in [1.54, 1.807) is 0 Å². The Kier molecular flexibility index (Phi) is 6.04. The first-order chi connectivity index (χ1) is 13.8. The molecule has 146 valence electrons. The van der Waals surface area contributed by atoms with Crippen molar-refractivity contribution < 1.29 is 14.6 Å². The fraction of sp³-hybridized carbons (Fsp3) is 0.348. The maximum Gasteiger partial charge on any atom is 0.127 e. The van der Waals surface area contributed by atoms with E-state index in [1.807, 2.05) is 36.5 Å². The molecular weight excluding hydrogens is 352 g/mol. The van der Waals surface area contributed by atoms with E-state index in [4.69, 9.17) is 9.47 Å². The molecule has 0 amide bonds. The summed E-state index contributed by atoms with van der Waals surface area (Å²) in [6.45, 7) is 2.22. The molecule has 0 unspecified atom stereocenters. The summed E-state index contributed by atoms with van der Waals surface area (Å²) >= 11 is 0. The van der Waals surface area contributed by atoms with Crippen LogP contribution in [-0.2, 0) is 17.8 Å². The van der Waals surface area contributed by atoms with Crippen molar-refractivity contribution in [2.24, 2.45) is 0 Å². The van der Waals surface area contributed by atoms with E-state index >= 15 is 0 Å². The summed E-state index contributed by atoms with van der Waals surface area (Å²) < 4.78 is 13.7. The van der Waals surface area contributed by atoms with Gasteiger partial charge in [-0.25, -0.2) is 0 Å². The lowest BCUT2D eigenvalue weighted by Gasteiger charge is -2.22. The number of aliphatic hydroxyl groups excluding tert-OH is 1. The van der Waals surface area contributed by atoms with Crippen LogP contribution in [0.3, 0.4) is 0 Å². The smallest absolute Gasteiger partial charge is 0.127 e. The summed E-state index contributed by atoms with van der Waals surface area (Å²) in [5.41, 5.74) is 4.27. The molecule has 0 spiro atoms. The fourth-order valence-electron chi connectivity index (χ4n) is 3.58. The molecule has 3 aromatic rings. The highest BCUT2D eigenvalue weighted by Gasteiger charge is 2.18. The van der Waals surface area contributed by atoms with Crippen LogP contribution in [0.5, 0.6) is 5.75 Å². The van der Waals surface area contributed by atoms with Crippen LogP contribution in [0.15, 0.2) is 60.9 Å². The summed E-state index contributed by atoms with van der Waals surface area (Å²) in [6.07, 6.45) is 6.61. The highest BCUT2D eigenvalue weighted by Crippen LogP contribution is 2.33. The average molecular weight is 378 g/mol. The molecule has 1 saturated heterocycles. The van der Waals surface area contributed by atoms with Gasteiger partial charge >= 0.3 is 0 Å². The molecule has 2 heterocycles. The van der Waals surface area contributed by atoms with Gasteiger partial charge < -0.3 is 14.6 Å². The lowest BCUT2D eigenvalue weighted by Crippen LogP contribution is -2.19. The van der Waals surface area contributed by atoms with E-state index in [0.29, 0.717) is 19.1 Å². The number of ether oxygens (including phenoxy) is 2. The SMILES string of the molecule is OCCc1ccc(OCc2ccccc2)c(-c2cnn(C3CCOCC3)c2)c1. The van der Waals surface area contributed by atoms with Gasteiger partial charge in [-0.1, -0.05) is 36.4 Å². The largest absolute Gasteiger partial charge is 0.488 e. The molecule has 0 atom stereocenters. The summed E-state index contributed by atoms with van der Waals surface area (Å²) in [6, 6.07) is 16.6. The van der Waals surface area contributed by atoms with Crippen molar-refractivity contribution in [3.8, 4) is 16.9 Å². The second-order valence-corrected chi connectivity index (χ2v) is 7.13. The maximum atomic E-state index is 9.32. The molecule has 0 saturated carbocycles. The average Bonchev–Trinajstić information content (AvgIpc) is 3.24. The van der Waals surface area contributed by atoms with Crippen LogP contribution in [0.1, 0.15) is 30.0 Å². The Morgan fingerprint density at radius 2 is 1.89 bits per heavy atom. The van der Waals surface area contributed by atoms with Gasteiger partial charge in [-0.3, -0.25) is 4.68 Å². The topological polar surface area (TPSA) is 56.5 Å². The Hall–Kier alpha value is -2.63. The van der Waals surface area contributed by atoms with E-state index < -0.39 is 0 Å². The van der Waals surface area contributed by atoms with Crippen molar-refractivity contribution in [2.75, 3.05) is 19.8 Å². The van der Waals surface area contributed by atoms with Crippen LogP contribution in [-0.4, -0.2) is 34.7 Å². The Bertz CT molecular complexity index is 886. The Labute approximate surface area is 165 Å². The van der Waals surface area contributed by atoms with Gasteiger partial charge in [0, 0.05) is 37.1 Å². The highest BCUT2D eigenvalue weighted by atomic mass is 16.5. The van der Waals surface area contributed by atoms with E-state index in [9.17, 15) is 5.11 Å². The Balaban J connectivity index is 1.59. The normalized spacial score (nSPS) is 14.9. The van der Waals surface area contributed by atoms with Crippen molar-refractivity contribution >= 4 is 0 Å². The second kappa shape index (κ2) is 9.04. The minimum atomic E-state index is 0.130. The molecule has 2 aromatic carbocycles. The van der Waals surface area contributed by atoms with Crippen molar-refractivity contribution in [3.05, 3.63) is 72.1 Å². The molecule has 1 aromatic heterocycles. The van der Waals surface area contributed by atoms with Gasteiger partial charge in [0.2, 0.25) is 0 Å². The second-order valence-electron chi connectivity index (χ2n) is 7.13. The third kappa shape index (κ3) is 4.43. The summed E-state index contributed by atoms with van der Waals surface area (Å²) in [4.78, 5) is 0. The fourth-order valence-corrected chi connectivity index (χ4v) is 3.58. The minimum Gasteiger partial charge on any atom is -0.488 e. The molecule has 0 aliphatic carbocycles. The lowest BCUT2D eigenvalue weighted by atomic mass is 10.0. The van der Waals surface area contributed by atoms with E-state index in [-0.39, 0.29) is 6.61 Å². The molecule has 0 radical (unpaired) electrons. The van der Waals surface area contributed by atoms with Crippen LogP contribution in [0.2, 0.25) is 0 Å². The molecule has 4 rings (SSSR count). The van der Waals surface area contributed by atoms with Crippen LogP contribution in [0, 0.1) is 0 Å². The zero-order chi connectivity index (χ0) is 19.2. The predicted octanol–water partition coefficient (Wildman–Crippen LogP) is 4.02. The van der Waals surface area contributed by atoms with Gasteiger partial charge in [0.25, 0.3) is 0 Å². The van der Waals surface area contributed by atoms with Gasteiger partial charge in [0.1, 0.15) is 12.4 Å². The molecular formula is C23H26N2O3. The third-order valence-electron chi connectivity index (χ3n) is 5.16. The van der Waals surface area contributed by atoms with E-state index in [0.717, 1.165) is 54.1 Å². The van der Waals surface area contributed by atoms with Gasteiger partial charge in [-0.05, 0) is 42.5 Å². The first-order valence-corrected chi connectivity index (χ1v) is 9.86. The molecule has 1 aliphatic rings. The molecule has 5 nitrogen and oxygen atoms in total. The van der Waals surface area contributed by atoms with Crippen molar-refractivity contribution in [2.45, 2.75) is 31.9 Å². The molecule has 28 heavy (non-hydrogen) atoms. The van der Waals surface area contributed by atoms with Gasteiger partial charge in [-0.15, -0.1) is 0 Å². The number of rotatable bonds is 7. The van der Waals surface area contributed by atoms with Crippen LogP contribution in [0.4, 0.5) is 0 Å². The Morgan fingerprint density at radius 3 is 2.68 bits per heavy atom.